The van der Waals surface area contributed by atoms with E-state index in [1.807, 2.05) is 102 Å². The van der Waals surface area contributed by atoms with Crippen LogP contribution < -0.4 is 20.1 Å². The summed E-state index contributed by atoms with van der Waals surface area (Å²) in [5.41, 5.74) is 2.23. The minimum absolute atomic E-state index is 0.0465. The van der Waals surface area contributed by atoms with Gasteiger partial charge >= 0.3 is 0 Å². The van der Waals surface area contributed by atoms with Crippen molar-refractivity contribution in [1.29, 1.82) is 0 Å². The molecule has 2 amide bonds. The highest BCUT2D eigenvalue weighted by molar-refractivity contribution is 7.93. The zero-order chi connectivity index (χ0) is 55.1. The van der Waals surface area contributed by atoms with Crippen molar-refractivity contribution in [2.75, 3.05) is 23.0 Å². The van der Waals surface area contributed by atoms with Crippen molar-refractivity contribution in [2.45, 2.75) is 152 Å². The van der Waals surface area contributed by atoms with Gasteiger partial charge in [0, 0.05) is 55.3 Å². The van der Waals surface area contributed by atoms with Gasteiger partial charge in [0.2, 0.25) is 20.0 Å². The summed E-state index contributed by atoms with van der Waals surface area (Å²) < 4.78 is 93.3. The Balaban J connectivity index is 0.000000188. The van der Waals surface area contributed by atoms with Gasteiger partial charge in [0.1, 0.15) is 0 Å². The first-order valence-corrected chi connectivity index (χ1v) is 34.5. The average molecular weight is 1160 g/mol. The quantitative estimate of drug-likeness (QED) is 0.0803. The third-order valence-electron chi connectivity index (χ3n) is 14.3. The van der Waals surface area contributed by atoms with Crippen LogP contribution in [0.2, 0.25) is 0 Å². The summed E-state index contributed by atoms with van der Waals surface area (Å²) in [5.74, 6) is 1.29. The fourth-order valence-corrected chi connectivity index (χ4v) is 18.5. The van der Waals surface area contributed by atoms with Gasteiger partial charge in [-0.25, -0.2) is 44.7 Å². The first kappa shape index (κ1) is 57.2. The second-order valence-corrected chi connectivity index (χ2v) is 32.2. The molecule has 2 aromatic heterocycles. The Labute approximate surface area is 464 Å². The van der Waals surface area contributed by atoms with Gasteiger partial charge in [-0.15, -0.1) is 22.7 Å². The van der Waals surface area contributed by atoms with E-state index >= 15 is 0 Å². The van der Waals surface area contributed by atoms with Crippen molar-refractivity contribution in [3.8, 4) is 20.9 Å². The summed E-state index contributed by atoms with van der Waals surface area (Å²) in [7, 11) is -11.4. The zero-order valence-corrected chi connectivity index (χ0v) is 49.5. The lowest BCUT2D eigenvalue weighted by Gasteiger charge is -2.26. The van der Waals surface area contributed by atoms with Gasteiger partial charge in [0.25, 0.3) is 11.8 Å². The van der Waals surface area contributed by atoms with Crippen LogP contribution in [-0.4, -0.2) is 97.4 Å². The summed E-state index contributed by atoms with van der Waals surface area (Å²) in [5, 5.41) is 9.33. The first-order valence-electron chi connectivity index (χ1n) is 26.6. The number of hydrogen-bond acceptors (Lipinski definition) is 13. The van der Waals surface area contributed by atoms with Crippen LogP contribution in [0.4, 0.5) is 0 Å². The number of aromatic nitrogens is 2. The number of carbonyl (C=O) groups is 2. The van der Waals surface area contributed by atoms with Crippen LogP contribution in [0.1, 0.15) is 137 Å². The number of nitrogens with zero attached hydrogens (tertiary/aromatic N) is 2. The number of carbonyl (C=O) groups excluding carboxylic acids is 2. The number of fused-ring (bicyclic) bond motifs is 2. The molecule has 4 aliphatic rings. The SMILES string of the molecule is CC(C)(C)NS(=O)(=O)c1ccc(-c2sc(C(=O)NC3CS(=O)(=O)C3)nc2CC2CCCCC2)c2ccccc12.CC(C)(C)NS(=O)(=O)c1ccc(-c2sc(C(=O)NC3CS(=O)C3)nc2CC2CCCCC2)c2ccccc12. The molecule has 0 spiro atoms. The van der Waals surface area contributed by atoms with E-state index < -0.39 is 57.8 Å². The molecule has 4 aromatic carbocycles. The molecule has 4 N–H and O–H groups in total. The Kier molecular flexibility index (Phi) is 17.0. The van der Waals surface area contributed by atoms with Crippen LogP contribution in [0.3, 0.4) is 0 Å². The highest BCUT2D eigenvalue weighted by atomic mass is 32.2. The molecule has 2 saturated carbocycles. The molecule has 0 atom stereocenters. The van der Waals surface area contributed by atoms with Gasteiger partial charge in [0.05, 0.1) is 54.5 Å². The number of sulfonamides is 2. The molecule has 2 aliphatic carbocycles. The first-order chi connectivity index (χ1) is 36.3. The van der Waals surface area contributed by atoms with Gasteiger partial charge in [0.15, 0.2) is 19.9 Å². The van der Waals surface area contributed by atoms with Crippen molar-refractivity contribution >= 4 is 96.7 Å². The fourth-order valence-electron chi connectivity index (χ4n) is 10.9. The van der Waals surface area contributed by atoms with Gasteiger partial charge in [-0.2, -0.15) is 0 Å². The summed E-state index contributed by atoms with van der Waals surface area (Å²) in [6.07, 6.45) is 13.4. The molecule has 4 heterocycles. The van der Waals surface area contributed by atoms with Gasteiger partial charge in [-0.1, -0.05) is 125 Å². The maximum Gasteiger partial charge on any atom is 0.280 e. The third kappa shape index (κ3) is 13.9. The topological polar surface area (TPSA) is 228 Å². The molecule has 414 valence electrons. The molecule has 0 radical (unpaired) electrons. The number of sulfone groups is 1. The Hall–Kier alpha value is -4.48. The molecule has 0 unspecified atom stereocenters. The second-order valence-electron chi connectivity index (χ2n) is 23.2. The molecule has 21 heteroatoms. The average Bonchev–Trinajstić information content (AvgIpc) is 3.98. The Morgan fingerprint density at radius 2 is 0.948 bits per heavy atom. The molecule has 10 rings (SSSR count). The minimum Gasteiger partial charge on any atom is -0.345 e. The summed E-state index contributed by atoms with van der Waals surface area (Å²) in [4.78, 5) is 38.0. The smallest absolute Gasteiger partial charge is 0.280 e. The Bertz CT molecular complexity index is 3550. The molecule has 0 bridgehead atoms. The molecule has 2 aliphatic heterocycles. The number of hydrogen-bond donors (Lipinski definition) is 4. The Morgan fingerprint density at radius 3 is 1.31 bits per heavy atom. The molecule has 15 nitrogen and oxygen atoms in total. The van der Waals surface area contributed by atoms with E-state index in [2.05, 4.69) is 20.1 Å². The van der Waals surface area contributed by atoms with Crippen LogP contribution in [0.15, 0.2) is 82.6 Å². The molecular weight excluding hydrogens is 1090 g/mol. The van der Waals surface area contributed by atoms with E-state index in [0.717, 1.165) is 81.6 Å². The van der Waals surface area contributed by atoms with E-state index in [0.29, 0.717) is 44.1 Å². The van der Waals surface area contributed by atoms with Gasteiger partial charge in [-0.05, 0) is 89.1 Å². The Morgan fingerprint density at radius 1 is 0.571 bits per heavy atom. The summed E-state index contributed by atoms with van der Waals surface area (Å²) >= 11 is 2.65. The van der Waals surface area contributed by atoms with Crippen LogP contribution in [0.5, 0.6) is 0 Å². The lowest BCUT2D eigenvalue weighted by Crippen LogP contribution is -2.52. The van der Waals surface area contributed by atoms with Gasteiger partial charge in [-0.3, -0.25) is 13.8 Å². The molecule has 4 fully saturated rings. The van der Waals surface area contributed by atoms with Gasteiger partial charge < -0.3 is 10.6 Å². The minimum atomic E-state index is -3.78. The van der Waals surface area contributed by atoms with Crippen molar-refractivity contribution in [1.82, 2.24) is 30.0 Å². The lowest BCUT2D eigenvalue weighted by atomic mass is 9.85. The summed E-state index contributed by atoms with van der Waals surface area (Å²) in [6.45, 7) is 10.9. The number of nitrogens with one attached hydrogen (secondary N) is 4. The number of benzene rings is 4. The summed E-state index contributed by atoms with van der Waals surface area (Å²) in [6, 6.07) is 21.5. The van der Waals surface area contributed by atoms with E-state index in [-0.39, 0.29) is 39.2 Å². The number of amides is 2. The maximum atomic E-state index is 13.3. The maximum absolute atomic E-state index is 13.3. The number of rotatable bonds is 14. The largest absolute Gasteiger partial charge is 0.345 e. The van der Waals surface area contributed by atoms with Crippen molar-refractivity contribution in [3.05, 3.63) is 94.2 Å². The van der Waals surface area contributed by atoms with Crippen LogP contribution >= 0.6 is 22.7 Å². The highest BCUT2D eigenvalue weighted by Gasteiger charge is 2.36. The van der Waals surface area contributed by atoms with Crippen LogP contribution in [0, 0.1) is 11.8 Å². The molecular formula is C56H70N6O9S6. The second kappa shape index (κ2) is 22.9. The monoisotopic (exact) mass is 1160 g/mol. The fraction of sp³-hybridized carbons (Fsp3) is 0.500. The third-order valence-corrected chi connectivity index (χ3v) is 23.5. The van der Waals surface area contributed by atoms with E-state index in [1.165, 1.54) is 61.2 Å². The molecule has 77 heavy (non-hydrogen) atoms. The zero-order valence-electron chi connectivity index (χ0n) is 44.6. The van der Waals surface area contributed by atoms with Crippen molar-refractivity contribution in [2.24, 2.45) is 11.8 Å². The predicted molar refractivity (Wildman–Crippen MR) is 310 cm³/mol. The molecule has 2 saturated heterocycles. The predicted octanol–water partition coefficient (Wildman–Crippen LogP) is 9.71. The highest BCUT2D eigenvalue weighted by Crippen LogP contribution is 2.42. The van der Waals surface area contributed by atoms with Crippen LogP contribution in [0.25, 0.3) is 42.4 Å². The normalized spacial score (nSPS) is 19.7. The number of thiazole rings is 2. The van der Waals surface area contributed by atoms with Crippen LogP contribution in [-0.2, 0) is 53.5 Å². The van der Waals surface area contributed by atoms with E-state index in [1.54, 1.807) is 12.1 Å². The molecule has 6 aromatic rings. The lowest BCUT2D eigenvalue weighted by molar-refractivity contribution is 0.0932. The van der Waals surface area contributed by atoms with E-state index in [4.69, 9.17) is 9.97 Å². The van der Waals surface area contributed by atoms with Crippen molar-refractivity contribution in [3.63, 3.8) is 0 Å². The van der Waals surface area contributed by atoms with Crippen molar-refractivity contribution < 1.29 is 39.1 Å². The standard InChI is InChI=1S/C28H35N3O5S3.C28H35N3O4S3/c1-28(2,3)31-39(35,36)24-14-13-22(20-11-7-8-12-21(20)24)25-23(15-18-9-5-4-6-10-18)30-27(37-25)26(32)29-19-16-38(33,34)17-19;1-28(2,3)31-38(34,35)24-14-13-22(20-11-7-8-12-21(20)24)25-23(15-18-9-5-4-6-10-18)30-27(36-25)26(32)29-19-16-37(33)17-19/h7-8,11-14,18-19,31H,4-6,9-10,15-17H2,1-3H3,(H,29,32);7-8,11-14,18-19,31H,4-6,9-10,15-17H2,1-3H3,(H,29,32). The van der Waals surface area contributed by atoms with E-state index in [9.17, 15) is 39.1 Å².